The first-order valence-corrected chi connectivity index (χ1v) is 14.2. The summed E-state index contributed by atoms with van der Waals surface area (Å²) in [5.41, 5.74) is 3.90. The molecule has 4 aromatic rings. The zero-order valence-electron chi connectivity index (χ0n) is 24.9. The summed E-state index contributed by atoms with van der Waals surface area (Å²) in [6.45, 7) is 10.3. The second kappa shape index (κ2) is 11.0. The van der Waals surface area contributed by atoms with Crippen molar-refractivity contribution >= 4 is 33.9 Å². The number of pyridine rings is 1. The first kappa shape index (κ1) is 28.4. The smallest absolute Gasteiger partial charge is 0.338 e. The first-order valence-electron chi connectivity index (χ1n) is 14.2. The first-order chi connectivity index (χ1) is 19.5. The molecule has 0 spiro atoms. The van der Waals surface area contributed by atoms with Crippen molar-refractivity contribution in [2.75, 3.05) is 7.11 Å². The van der Waals surface area contributed by atoms with Gasteiger partial charge in [0, 0.05) is 24.4 Å². The van der Waals surface area contributed by atoms with Gasteiger partial charge in [0.15, 0.2) is 5.82 Å². The van der Waals surface area contributed by atoms with E-state index in [1.165, 1.54) is 0 Å². The molecule has 0 aliphatic carbocycles. The number of carbonyl (C=O) groups excluding carboxylic acids is 2. The number of ether oxygens (including phenoxy) is 2. The molecule has 2 bridgehead atoms. The van der Waals surface area contributed by atoms with Crippen LogP contribution in [0.2, 0.25) is 0 Å². The topological polar surface area (TPSA) is 100 Å². The fourth-order valence-corrected chi connectivity index (χ4v) is 5.31. The molecule has 0 unspecified atom stereocenters. The van der Waals surface area contributed by atoms with E-state index in [1.54, 1.807) is 19.2 Å². The highest BCUT2D eigenvalue weighted by atomic mass is 16.5. The number of carbonyl (C=O) groups is 2. The van der Waals surface area contributed by atoms with E-state index in [1.807, 2.05) is 52.3 Å². The number of rotatable bonds is 4. The average molecular weight is 558 g/mol. The lowest BCUT2D eigenvalue weighted by Crippen LogP contribution is -2.38. The molecular weight excluding hydrogens is 518 g/mol. The van der Waals surface area contributed by atoms with E-state index in [2.05, 4.69) is 34.2 Å². The van der Waals surface area contributed by atoms with Crippen molar-refractivity contribution in [2.45, 2.75) is 72.6 Å². The number of hydrogen-bond acceptors (Lipinski definition) is 6. The van der Waals surface area contributed by atoms with Gasteiger partial charge in [-0.15, -0.1) is 0 Å². The molecule has 1 atom stereocenters. The molecule has 0 saturated heterocycles. The molecule has 9 heteroatoms. The van der Waals surface area contributed by atoms with Crippen LogP contribution in [0.3, 0.4) is 0 Å². The zero-order chi connectivity index (χ0) is 29.5. The third kappa shape index (κ3) is 5.45. The van der Waals surface area contributed by atoms with E-state index in [-0.39, 0.29) is 18.1 Å². The van der Waals surface area contributed by atoms with Crippen molar-refractivity contribution in [2.24, 2.45) is 12.5 Å². The number of fused-ring (bicyclic) bond motifs is 2. The molecule has 9 nitrogen and oxygen atoms in total. The van der Waals surface area contributed by atoms with Crippen molar-refractivity contribution in [1.82, 2.24) is 24.4 Å². The molecular formula is C32H39N5O4. The second-order valence-corrected chi connectivity index (χ2v) is 11.7. The average Bonchev–Trinajstić information content (AvgIpc) is 3.45. The van der Waals surface area contributed by atoms with Gasteiger partial charge in [0.25, 0.3) is 0 Å². The van der Waals surface area contributed by atoms with Gasteiger partial charge in [-0.05, 0) is 70.4 Å². The van der Waals surface area contributed by atoms with E-state index in [0.717, 1.165) is 53.1 Å². The Labute approximate surface area is 240 Å². The van der Waals surface area contributed by atoms with Gasteiger partial charge in [0.1, 0.15) is 16.9 Å². The van der Waals surface area contributed by atoms with Crippen LogP contribution >= 0.6 is 0 Å². The molecule has 1 aliphatic heterocycles. The Morgan fingerprint density at radius 3 is 2.66 bits per heavy atom. The van der Waals surface area contributed by atoms with E-state index < -0.39 is 11.4 Å². The lowest BCUT2D eigenvalue weighted by atomic mass is 9.87. The largest absolute Gasteiger partial charge is 0.494 e. The van der Waals surface area contributed by atoms with Crippen molar-refractivity contribution in [3.8, 4) is 17.3 Å². The Kier molecular flexibility index (Phi) is 7.64. The molecule has 41 heavy (non-hydrogen) atoms. The summed E-state index contributed by atoms with van der Waals surface area (Å²) in [7, 11) is 3.54. The maximum absolute atomic E-state index is 13.0. The van der Waals surface area contributed by atoms with Gasteiger partial charge >= 0.3 is 5.97 Å². The Morgan fingerprint density at radius 1 is 1.15 bits per heavy atom. The maximum Gasteiger partial charge on any atom is 0.338 e. The highest BCUT2D eigenvalue weighted by molar-refractivity contribution is 5.97. The Balaban J connectivity index is 1.64. The Morgan fingerprint density at radius 2 is 1.93 bits per heavy atom. The van der Waals surface area contributed by atoms with Gasteiger partial charge < -0.3 is 23.9 Å². The van der Waals surface area contributed by atoms with Crippen LogP contribution in [0, 0.1) is 5.41 Å². The molecule has 0 radical (unpaired) electrons. The Hall–Kier alpha value is -4.14. The summed E-state index contributed by atoms with van der Waals surface area (Å²) in [5, 5.41) is 4.15. The number of esters is 1. The summed E-state index contributed by atoms with van der Waals surface area (Å²) in [6.07, 6.45) is 6.49. The van der Waals surface area contributed by atoms with E-state index in [9.17, 15) is 9.59 Å². The van der Waals surface area contributed by atoms with Crippen LogP contribution in [0.25, 0.3) is 33.6 Å². The van der Waals surface area contributed by atoms with Crippen LogP contribution in [-0.4, -0.2) is 44.2 Å². The van der Waals surface area contributed by atoms with Crippen LogP contribution in [0.5, 0.6) is 5.75 Å². The van der Waals surface area contributed by atoms with Crippen LogP contribution in [0.15, 0.2) is 42.5 Å². The SMILES string of the molecule is COc1cc(C(=O)OC(C)C)cc2nc(-c3cc4ccc5nc4n3CCC/C=C/CC(C)(C)C(=O)N[C@@H]5C)n(C)c12. The molecule has 4 heterocycles. The van der Waals surface area contributed by atoms with Crippen LogP contribution < -0.4 is 10.1 Å². The summed E-state index contributed by atoms with van der Waals surface area (Å²) >= 11 is 0. The normalized spacial score (nSPS) is 18.4. The third-order valence-corrected chi connectivity index (χ3v) is 7.68. The van der Waals surface area contributed by atoms with Gasteiger partial charge in [-0.2, -0.15) is 0 Å². The molecule has 5 rings (SSSR count). The lowest BCUT2D eigenvalue weighted by Gasteiger charge is -2.25. The summed E-state index contributed by atoms with van der Waals surface area (Å²) in [6, 6.07) is 9.35. The second-order valence-electron chi connectivity index (χ2n) is 11.7. The molecule has 216 valence electrons. The van der Waals surface area contributed by atoms with Crippen molar-refractivity contribution in [3.63, 3.8) is 0 Å². The van der Waals surface area contributed by atoms with Gasteiger partial charge in [-0.3, -0.25) is 4.79 Å². The molecule has 0 fully saturated rings. The summed E-state index contributed by atoms with van der Waals surface area (Å²) < 4.78 is 15.3. The minimum absolute atomic E-state index is 0.00923. The van der Waals surface area contributed by atoms with Crippen molar-refractivity contribution in [3.05, 3.63) is 53.7 Å². The van der Waals surface area contributed by atoms with E-state index in [0.29, 0.717) is 23.3 Å². The quantitative estimate of drug-likeness (QED) is 0.240. The molecule has 3 aromatic heterocycles. The number of hydrogen-bond donors (Lipinski definition) is 1. The monoisotopic (exact) mass is 557 g/mol. The zero-order valence-corrected chi connectivity index (χ0v) is 24.9. The van der Waals surface area contributed by atoms with E-state index in [4.69, 9.17) is 19.4 Å². The number of amides is 1. The van der Waals surface area contributed by atoms with Gasteiger partial charge in [0.2, 0.25) is 5.91 Å². The molecule has 0 saturated carbocycles. The van der Waals surface area contributed by atoms with Gasteiger partial charge in [-0.25, -0.2) is 14.8 Å². The number of aromatic nitrogens is 4. The lowest BCUT2D eigenvalue weighted by molar-refractivity contribution is -0.129. The highest BCUT2D eigenvalue weighted by Crippen LogP contribution is 2.35. The van der Waals surface area contributed by atoms with Crippen molar-refractivity contribution < 1.29 is 19.1 Å². The van der Waals surface area contributed by atoms with Crippen LogP contribution in [-0.2, 0) is 23.1 Å². The standard InChI is InChI=1S/C32H39N5O4/c1-19(2)41-30(38)22-16-24-27(26(18-22)40-7)36(6)29(35-24)25-17-21-12-13-23-20(3)33-31(39)32(4,5)14-10-8-9-11-15-37(25)28(21)34-23/h8,10,12-13,16-20H,9,11,14-15H2,1-7H3,(H,33,39)/b10-8+/t20-/m1/s1. The molecule has 1 aromatic carbocycles. The fourth-order valence-electron chi connectivity index (χ4n) is 5.31. The van der Waals surface area contributed by atoms with Crippen molar-refractivity contribution in [1.29, 1.82) is 0 Å². The predicted octanol–water partition coefficient (Wildman–Crippen LogP) is 6.11. The predicted molar refractivity (Wildman–Crippen MR) is 160 cm³/mol. The Bertz CT molecular complexity index is 1660. The number of methoxy groups -OCH3 is 1. The fraction of sp³-hybridized carbons (Fsp3) is 0.438. The molecule has 1 aliphatic rings. The summed E-state index contributed by atoms with van der Waals surface area (Å²) in [4.78, 5) is 35.8. The number of imidazole rings is 1. The van der Waals surface area contributed by atoms with Gasteiger partial charge in [-0.1, -0.05) is 26.0 Å². The molecule has 1 amide bonds. The molecule has 1 N–H and O–H groups in total. The number of aryl methyl sites for hydroxylation is 2. The highest BCUT2D eigenvalue weighted by Gasteiger charge is 2.28. The summed E-state index contributed by atoms with van der Waals surface area (Å²) in [5.74, 6) is 0.889. The number of nitrogens with zero attached hydrogens (tertiary/aromatic N) is 4. The van der Waals surface area contributed by atoms with Crippen LogP contribution in [0.4, 0.5) is 0 Å². The van der Waals surface area contributed by atoms with E-state index >= 15 is 0 Å². The number of allylic oxidation sites excluding steroid dienone is 2. The number of nitrogens with one attached hydrogen (secondary N) is 1. The minimum Gasteiger partial charge on any atom is -0.494 e. The minimum atomic E-state index is -0.501. The third-order valence-electron chi connectivity index (χ3n) is 7.68. The van der Waals surface area contributed by atoms with Gasteiger partial charge in [0.05, 0.1) is 41.7 Å². The van der Waals surface area contributed by atoms with Crippen LogP contribution in [0.1, 0.15) is 76.0 Å². The maximum atomic E-state index is 13.0. The number of benzene rings is 1.